The molecule has 2 atom stereocenters. The quantitative estimate of drug-likeness (QED) is 0.550. The smallest absolute Gasteiger partial charge is 0.410 e. The molecule has 0 aromatic carbocycles. The van der Waals surface area contributed by atoms with Gasteiger partial charge in [-0.1, -0.05) is 0 Å². The van der Waals surface area contributed by atoms with Gasteiger partial charge in [0.2, 0.25) is 0 Å². The summed E-state index contributed by atoms with van der Waals surface area (Å²) in [5, 5.41) is 0. The maximum atomic E-state index is 11.3. The van der Waals surface area contributed by atoms with Crippen molar-refractivity contribution in [3.8, 4) is 0 Å². The number of carbonyl (C=O) groups excluding carboxylic acids is 1. The summed E-state index contributed by atoms with van der Waals surface area (Å²) in [6, 6.07) is 0. The summed E-state index contributed by atoms with van der Waals surface area (Å²) >= 11 is 0. The van der Waals surface area contributed by atoms with Gasteiger partial charge in [0.05, 0.1) is 5.54 Å². The van der Waals surface area contributed by atoms with Crippen LogP contribution in [0.15, 0.2) is 0 Å². The molecule has 2 fully saturated rings. The second-order valence-corrected chi connectivity index (χ2v) is 4.32. The molecule has 0 spiro atoms. The molecule has 0 aromatic rings. The standard InChI is InChI=1S/C9H16N2O2/c1-9-6-10(2)5-4-7(9)13-8(12)11(9)3/h7H,4-6H2,1-3H3. The van der Waals surface area contributed by atoms with E-state index >= 15 is 0 Å². The molecular formula is C9H16N2O2. The van der Waals surface area contributed by atoms with Crippen LogP contribution < -0.4 is 0 Å². The van der Waals surface area contributed by atoms with Crippen molar-refractivity contribution >= 4 is 6.09 Å². The Bertz CT molecular complexity index is 244. The van der Waals surface area contributed by atoms with Gasteiger partial charge in [-0.3, -0.25) is 0 Å². The second-order valence-electron chi connectivity index (χ2n) is 4.32. The Morgan fingerprint density at radius 2 is 2.23 bits per heavy atom. The minimum atomic E-state index is -0.178. The molecule has 0 saturated carbocycles. The summed E-state index contributed by atoms with van der Waals surface area (Å²) in [5.74, 6) is 0. The topological polar surface area (TPSA) is 32.8 Å². The van der Waals surface area contributed by atoms with Gasteiger partial charge in [0, 0.05) is 20.1 Å². The minimum absolute atomic E-state index is 0.0844. The molecule has 2 aliphatic heterocycles. The highest BCUT2D eigenvalue weighted by molar-refractivity contribution is 5.71. The molecule has 0 radical (unpaired) electrons. The van der Waals surface area contributed by atoms with Crippen molar-refractivity contribution in [3.05, 3.63) is 0 Å². The van der Waals surface area contributed by atoms with Crippen molar-refractivity contribution in [2.45, 2.75) is 25.0 Å². The number of ether oxygens (including phenoxy) is 1. The fourth-order valence-corrected chi connectivity index (χ4v) is 2.29. The first-order chi connectivity index (χ1) is 6.04. The van der Waals surface area contributed by atoms with E-state index in [9.17, 15) is 4.79 Å². The third-order valence-electron chi connectivity index (χ3n) is 3.34. The molecule has 0 bridgehead atoms. The maximum absolute atomic E-state index is 11.3. The van der Waals surface area contributed by atoms with Crippen LogP contribution in [0, 0.1) is 0 Å². The monoisotopic (exact) mass is 184 g/mol. The Kier molecular flexibility index (Phi) is 1.77. The molecule has 2 aliphatic rings. The van der Waals surface area contributed by atoms with Crippen LogP contribution in [-0.2, 0) is 4.74 Å². The molecule has 2 heterocycles. The number of piperidine rings is 1. The fourth-order valence-electron chi connectivity index (χ4n) is 2.29. The Morgan fingerprint density at radius 1 is 1.54 bits per heavy atom. The van der Waals surface area contributed by atoms with Crippen LogP contribution in [0.4, 0.5) is 4.79 Å². The van der Waals surface area contributed by atoms with Crippen LogP contribution in [-0.4, -0.2) is 54.7 Å². The van der Waals surface area contributed by atoms with Gasteiger partial charge in [-0.05, 0) is 20.4 Å². The summed E-state index contributed by atoms with van der Waals surface area (Å²) in [6.07, 6.45) is 0.854. The summed E-state index contributed by atoms with van der Waals surface area (Å²) in [5.41, 5.74) is -0.121. The van der Waals surface area contributed by atoms with Crippen molar-refractivity contribution in [3.63, 3.8) is 0 Å². The number of hydrogen-bond acceptors (Lipinski definition) is 3. The summed E-state index contributed by atoms with van der Waals surface area (Å²) < 4.78 is 5.29. The molecule has 0 aromatic heterocycles. The Morgan fingerprint density at radius 3 is 2.92 bits per heavy atom. The number of hydrogen-bond donors (Lipinski definition) is 0. The van der Waals surface area contributed by atoms with Crippen molar-refractivity contribution in [1.29, 1.82) is 0 Å². The van der Waals surface area contributed by atoms with E-state index < -0.39 is 0 Å². The van der Waals surface area contributed by atoms with E-state index in [1.54, 1.807) is 4.90 Å². The Balaban J connectivity index is 2.24. The van der Waals surface area contributed by atoms with Crippen LogP contribution in [0.3, 0.4) is 0 Å². The first-order valence-electron chi connectivity index (χ1n) is 4.67. The number of nitrogens with zero attached hydrogens (tertiary/aromatic N) is 2. The molecule has 0 N–H and O–H groups in total. The molecule has 2 rings (SSSR count). The number of carbonyl (C=O) groups is 1. The molecule has 4 heteroatoms. The summed E-state index contributed by atoms with van der Waals surface area (Å²) in [4.78, 5) is 15.3. The van der Waals surface area contributed by atoms with Crippen LogP contribution in [0.2, 0.25) is 0 Å². The predicted molar refractivity (Wildman–Crippen MR) is 48.6 cm³/mol. The SMILES string of the molecule is CN1CCC2OC(=O)N(C)C2(C)C1. The normalized spacial score (nSPS) is 40.4. The van der Waals surface area contributed by atoms with Crippen LogP contribution in [0.1, 0.15) is 13.3 Å². The van der Waals surface area contributed by atoms with Gasteiger partial charge in [-0.25, -0.2) is 4.79 Å². The van der Waals surface area contributed by atoms with E-state index in [0.29, 0.717) is 0 Å². The average Bonchev–Trinajstić information content (AvgIpc) is 2.27. The summed E-state index contributed by atoms with van der Waals surface area (Å²) in [6.45, 7) is 4.01. The third kappa shape index (κ3) is 1.12. The van der Waals surface area contributed by atoms with E-state index in [2.05, 4.69) is 18.9 Å². The zero-order chi connectivity index (χ0) is 9.64. The van der Waals surface area contributed by atoms with Crippen molar-refractivity contribution in [2.24, 2.45) is 0 Å². The highest BCUT2D eigenvalue weighted by atomic mass is 16.6. The molecular weight excluding hydrogens is 168 g/mol. The van der Waals surface area contributed by atoms with Crippen molar-refractivity contribution < 1.29 is 9.53 Å². The highest BCUT2D eigenvalue weighted by Crippen LogP contribution is 2.34. The molecule has 4 nitrogen and oxygen atoms in total. The number of amides is 1. The lowest BCUT2D eigenvalue weighted by atomic mass is 9.88. The van der Waals surface area contributed by atoms with Crippen LogP contribution in [0.25, 0.3) is 0 Å². The molecule has 74 valence electrons. The molecule has 13 heavy (non-hydrogen) atoms. The first-order valence-corrected chi connectivity index (χ1v) is 4.67. The van der Waals surface area contributed by atoms with Gasteiger partial charge in [-0.15, -0.1) is 0 Å². The lowest BCUT2D eigenvalue weighted by molar-refractivity contribution is 0.0354. The van der Waals surface area contributed by atoms with E-state index in [4.69, 9.17) is 4.74 Å². The molecule has 1 amide bonds. The number of likely N-dealkylation sites (tertiary alicyclic amines) is 1. The number of likely N-dealkylation sites (N-methyl/N-ethyl adjacent to an activating group) is 2. The second kappa shape index (κ2) is 2.61. The molecule has 0 aliphatic carbocycles. The Hall–Kier alpha value is -0.770. The molecule has 2 saturated heterocycles. The number of fused-ring (bicyclic) bond motifs is 1. The lowest BCUT2D eigenvalue weighted by Crippen LogP contribution is -2.58. The van der Waals surface area contributed by atoms with Crippen molar-refractivity contribution in [1.82, 2.24) is 9.80 Å². The average molecular weight is 184 g/mol. The van der Waals surface area contributed by atoms with E-state index in [1.807, 2.05) is 7.05 Å². The van der Waals surface area contributed by atoms with Crippen molar-refractivity contribution in [2.75, 3.05) is 27.2 Å². The van der Waals surface area contributed by atoms with E-state index in [0.717, 1.165) is 19.5 Å². The zero-order valence-electron chi connectivity index (χ0n) is 8.41. The molecule has 2 unspecified atom stereocenters. The van der Waals surface area contributed by atoms with Gasteiger partial charge in [-0.2, -0.15) is 0 Å². The largest absolute Gasteiger partial charge is 0.443 e. The van der Waals surface area contributed by atoms with E-state index in [1.165, 1.54) is 0 Å². The summed E-state index contributed by atoms with van der Waals surface area (Å²) in [7, 11) is 3.90. The predicted octanol–water partition coefficient (Wildman–Crippen LogP) is 0.531. The van der Waals surface area contributed by atoms with Crippen LogP contribution >= 0.6 is 0 Å². The first kappa shape index (κ1) is 8.81. The number of rotatable bonds is 0. The maximum Gasteiger partial charge on any atom is 0.410 e. The fraction of sp³-hybridized carbons (Fsp3) is 0.889. The minimum Gasteiger partial charge on any atom is -0.443 e. The Labute approximate surface area is 78.4 Å². The van der Waals surface area contributed by atoms with Gasteiger partial charge in [0.15, 0.2) is 0 Å². The lowest BCUT2D eigenvalue weighted by Gasteiger charge is -2.41. The van der Waals surface area contributed by atoms with Gasteiger partial charge in [0.1, 0.15) is 6.10 Å². The van der Waals surface area contributed by atoms with Gasteiger partial charge < -0.3 is 14.5 Å². The van der Waals surface area contributed by atoms with E-state index in [-0.39, 0.29) is 17.7 Å². The zero-order valence-corrected chi connectivity index (χ0v) is 8.41. The van der Waals surface area contributed by atoms with Crippen LogP contribution in [0.5, 0.6) is 0 Å². The van der Waals surface area contributed by atoms with Gasteiger partial charge in [0.25, 0.3) is 0 Å². The van der Waals surface area contributed by atoms with Gasteiger partial charge >= 0.3 is 6.09 Å². The highest BCUT2D eigenvalue weighted by Gasteiger charge is 2.51. The third-order valence-corrected chi connectivity index (χ3v) is 3.34.